The third kappa shape index (κ3) is 3.99. The second-order valence-corrected chi connectivity index (χ2v) is 6.53. The number of hydrogen-bond acceptors (Lipinski definition) is 7. The van der Waals surface area contributed by atoms with E-state index in [1.807, 2.05) is 18.2 Å². The van der Waals surface area contributed by atoms with Crippen molar-refractivity contribution >= 4 is 23.3 Å². The van der Waals surface area contributed by atoms with Crippen molar-refractivity contribution in [1.29, 1.82) is 0 Å². The summed E-state index contributed by atoms with van der Waals surface area (Å²) >= 11 is 6.10. The highest BCUT2D eigenvalue weighted by Crippen LogP contribution is 2.32. The monoisotopic (exact) mass is 400 g/mol. The van der Waals surface area contributed by atoms with Crippen LogP contribution in [-0.4, -0.2) is 45.8 Å². The summed E-state index contributed by atoms with van der Waals surface area (Å²) in [5, 5.41) is 3.16. The summed E-state index contributed by atoms with van der Waals surface area (Å²) in [6.45, 7) is 0.716. The third-order valence-electron chi connectivity index (χ3n) is 4.10. The van der Waals surface area contributed by atoms with Gasteiger partial charge in [0.2, 0.25) is 18.6 Å². The third-order valence-corrected chi connectivity index (χ3v) is 4.30. The van der Waals surface area contributed by atoms with E-state index >= 15 is 0 Å². The molecule has 1 amide bonds. The Morgan fingerprint density at radius 3 is 2.96 bits per heavy atom. The van der Waals surface area contributed by atoms with Gasteiger partial charge in [0.1, 0.15) is 17.3 Å². The highest BCUT2D eigenvalue weighted by Gasteiger charge is 2.15. The van der Waals surface area contributed by atoms with E-state index < -0.39 is 0 Å². The summed E-state index contributed by atoms with van der Waals surface area (Å²) in [5.41, 5.74) is 0.924. The summed E-state index contributed by atoms with van der Waals surface area (Å²) < 4.78 is 12.3. The average Bonchev–Trinajstić information content (AvgIpc) is 3.37. The molecule has 1 aliphatic heterocycles. The normalized spacial score (nSPS) is 12.1. The van der Waals surface area contributed by atoms with Crippen molar-refractivity contribution < 1.29 is 14.3 Å². The van der Waals surface area contributed by atoms with Crippen LogP contribution in [0.5, 0.6) is 11.5 Å². The van der Waals surface area contributed by atoms with Crippen LogP contribution >= 0.6 is 11.6 Å². The first kappa shape index (κ1) is 18.1. The van der Waals surface area contributed by atoms with Crippen LogP contribution in [0.1, 0.15) is 5.56 Å². The van der Waals surface area contributed by atoms with Crippen LogP contribution in [0.2, 0.25) is 5.15 Å². The number of rotatable bonds is 6. The molecule has 0 spiro atoms. The standard InChI is InChI=1S/C18H17ClN6O3/c1-24(16-7-15(19)22-18(23-16)25-5-4-20-10-25)9-17(26)21-8-12-2-3-13-14(6-12)28-11-27-13/h2-7,10H,8-9,11H2,1H3,(H,21,26). The second-order valence-electron chi connectivity index (χ2n) is 6.14. The molecule has 1 aliphatic rings. The van der Waals surface area contributed by atoms with E-state index in [1.165, 1.54) is 0 Å². The van der Waals surface area contributed by atoms with Crippen molar-refractivity contribution in [2.24, 2.45) is 0 Å². The molecule has 9 nitrogen and oxygen atoms in total. The van der Waals surface area contributed by atoms with Gasteiger partial charge in [0, 0.05) is 32.1 Å². The Kier molecular flexibility index (Phi) is 4.98. The number of nitrogens with one attached hydrogen (secondary N) is 1. The van der Waals surface area contributed by atoms with Crippen molar-refractivity contribution in [1.82, 2.24) is 24.8 Å². The van der Waals surface area contributed by atoms with Crippen LogP contribution in [0.4, 0.5) is 5.82 Å². The molecule has 0 saturated heterocycles. The van der Waals surface area contributed by atoms with E-state index in [4.69, 9.17) is 21.1 Å². The number of anilines is 1. The highest BCUT2D eigenvalue weighted by molar-refractivity contribution is 6.29. The molecule has 3 aromatic rings. The summed E-state index contributed by atoms with van der Waals surface area (Å²) in [4.78, 5) is 26.6. The number of carbonyl (C=O) groups is 1. The minimum atomic E-state index is -0.154. The molecule has 0 atom stereocenters. The number of aromatic nitrogens is 4. The number of nitrogens with zero attached hydrogens (tertiary/aromatic N) is 5. The number of carbonyl (C=O) groups excluding carboxylic acids is 1. The Bertz CT molecular complexity index is 995. The maximum Gasteiger partial charge on any atom is 0.239 e. The van der Waals surface area contributed by atoms with Crippen LogP contribution < -0.4 is 19.7 Å². The van der Waals surface area contributed by atoms with Gasteiger partial charge in [-0.2, -0.15) is 4.98 Å². The molecule has 0 radical (unpaired) electrons. The Morgan fingerprint density at radius 1 is 1.29 bits per heavy atom. The van der Waals surface area contributed by atoms with Gasteiger partial charge < -0.3 is 19.7 Å². The van der Waals surface area contributed by atoms with E-state index in [0.29, 0.717) is 29.8 Å². The van der Waals surface area contributed by atoms with Crippen LogP contribution in [0, 0.1) is 0 Å². The summed E-state index contributed by atoms with van der Waals surface area (Å²) in [5.74, 6) is 2.16. The molecule has 0 fully saturated rings. The number of amides is 1. The lowest BCUT2D eigenvalue weighted by Crippen LogP contribution is -2.35. The van der Waals surface area contributed by atoms with E-state index in [0.717, 1.165) is 5.56 Å². The van der Waals surface area contributed by atoms with Crippen molar-refractivity contribution in [3.63, 3.8) is 0 Å². The maximum absolute atomic E-state index is 12.3. The molecule has 3 heterocycles. The maximum atomic E-state index is 12.3. The number of imidazole rings is 1. The second kappa shape index (κ2) is 7.73. The van der Waals surface area contributed by atoms with Crippen LogP contribution in [0.15, 0.2) is 43.0 Å². The van der Waals surface area contributed by atoms with Gasteiger partial charge >= 0.3 is 0 Å². The predicted octanol–water partition coefficient (Wildman–Crippen LogP) is 1.80. The molecule has 10 heteroatoms. The molecule has 1 aromatic carbocycles. The van der Waals surface area contributed by atoms with Gasteiger partial charge in [-0.3, -0.25) is 9.36 Å². The number of ether oxygens (including phenoxy) is 2. The minimum Gasteiger partial charge on any atom is -0.454 e. The first-order chi connectivity index (χ1) is 13.6. The molecule has 144 valence electrons. The topological polar surface area (TPSA) is 94.4 Å². The first-order valence-corrected chi connectivity index (χ1v) is 8.85. The summed E-state index contributed by atoms with van der Waals surface area (Å²) in [6.07, 6.45) is 4.91. The van der Waals surface area contributed by atoms with Gasteiger partial charge in [-0.15, -0.1) is 0 Å². The van der Waals surface area contributed by atoms with Crippen molar-refractivity contribution in [3.05, 3.63) is 53.7 Å². The molecule has 28 heavy (non-hydrogen) atoms. The number of fused-ring (bicyclic) bond motifs is 1. The van der Waals surface area contributed by atoms with Crippen LogP contribution in [-0.2, 0) is 11.3 Å². The predicted molar refractivity (Wildman–Crippen MR) is 102 cm³/mol. The molecule has 1 N–H and O–H groups in total. The number of likely N-dealkylation sites (N-methyl/N-ethyl adjacent to an activating group) is 1. The van der Waals surface area contributed by atoms with Crippen LogP contribution in [0.25, 0.3) is 5.95 Å². The van der Waals surface area contributed by atoms with E-state index in [2.05, 4.69) is 20.3 Å². The number of hydrogen-bond donors (Lipinski definition) is 1. The fourth-order valence-corrected chi connectivity index (χ4v) is 2.86. The largest absolute Gasteiger partial charge is 0.454 e. The van der Waals surface area contributed by atoms with Crippen molar-refractivity contribution in [3.8, 4) is 17.4 Å². The quantitative estimate of drug-likeness (QED) is 0.630. The van der Waals surface area contributed by atoms with Crippen molar-refractivity contribution in [2.75, 3.05) is 25.3 Å². The van der Waals surface area contributed by atoms with E-state index in [-0.39, 0.29) is 24.4 Å². The summed E-state index contributed by atoms with van der Waals surface area (Å²) in [7, 11) is 1.76. The molecule has 0 bridgehead atoms. The molecular weight excluding hydrogens is 384 g/mol. The Hall–Kier alpha value is -3.33. The Morgan fingerprint density at radius 2 is 2.14 bits per heavy atom. The minimum absolute atomic E-state index is 0.112. The lowest BCUT2D eigenvalue weighted by molar-refractivity contribution is -0.119. The van der Waals surface area contributed by atoms with Gasteiger partial charge in [0.05, 0.1) is 6.54 Å². The van der Waals surface area contributed by atoms with Crippen LogP contribution in [0.3, 0.4) is 0 Å². The first-order valence-electron chi connectivity index (χ1n) is 8.48. The molecule has 0 saturated carbocycles. The Labute approximate surface area is 165 Å². The van der Waals surface area contributed by atoms with Gasteiger partial charge in [-0.05, 0) is 17.7 Å². The SMILES string of the molecule is CN(CC(=O)NCc1ccc2c(c1)OCO2)c1cc(Cl)nc(-n2ccnc2)n1. The van der Waals surface area contributed by atoms with Crippen molar-refractivity contribution in [2.45, 2.75) is 6.54 Å². The highest BCUT2D eigenvalue weighted by atomic mass is 35.5. The smallest absolute Gasteiger partial charge is 0.239 e. The van der Waals surface area contributed by atoms with E-state index in [9.17, 15) is 4.79 Å². The van der Waals surface area contributed by atoms with Gasteiger partial charge in [-0.1, -0.05) is 17.7 Å². The van der Waals surface area contributed by atoms with Gasteiger partial charge in [0.25, 0.3) is 0 Å². The molecule has 0 unspecified atom stereocenters. The number of halogens is 1. The number of benzene rings is 1. The molecule has 0 aliphatic carbocycles. The fraction of sp³-hybridized carbons (Fsp3) is 0.222. The lowest BCUT2D eigenvalue weighted by atomic mass is 10.2. The van der Waals surface area contributed by atoms with E-state index in [1.54, 1.807) is 41.3 Å². The lowest BCUT2D eigenvalue weighted by Gasteiger charge is -2.18. The molecule has 2 aromatic heterocycles. The Balaban J connectivity index is 1.38. The molecule has 4 rings (SSSR count). The zero-order valence-electron chi connectivity index (χ0n) is 15.0. The average molecular weight is 401 g/mol. The summed E-state index contributed by atoms with van der Waals surface area (Å²) in [6, 6.07) is 7.18. The fourth-order valence-electron chi connectivity index (χ4n) is 2.69. The van der Waals surface area contributed by atoms with Gasteiger partial charge in [-0.25, -0.2) is 9.97 Å². The zero-order chi connectivity index (χ0) is 19.5. The zero-order valence-corrected chi connectivity index (χ0v) is 15.8. The van der Waals surface area contributed by atoms with Gasteiger partial charge in [0.15, 0.2) is 11.5 Å². The molecular formula is C18H17ClN6O3.